The van der Waals surface area contributed by atoms with E-state index in [4.69, 9.17) is 4.74 Å². The number of benzene rings is 2. The first-order chi connectivity index (χ1) is 13.2. The Balaban J connectivity index is 1.44. The molecule has 0 unspecified atom stereocenters. The van der Waals surface area contributed by atoms with Crippen molar-refractivity contribution in [3.05, 3.63) is 79.7 Å². The maximum Gasteiger partial charge on any atom is 0.271 e. The molecule has 4 rings (SSSR count). The second-order valence-corrected chi connectivity index (χ2v) is 7.41. The fraction of sp³-hybridized carbons (Fsp3) is 0.0526. The highest BCUT2D eigenvalue weighted by molar-refractivity contribution is 7.19. The smallest absolute Gasteiger partial charge is 0.271 e. The SMILES string of the molecule is O=[N+]([O-])c1ccc2sc(/C=C/c3ccc(OCc4cscn4)cc3)nc2c1. The van der Waals surface area contributed by atoms with Gasteiger partial charge in [0.05, 0.1) is 26.3 Å². The van der Waals surface area contributed by atoms with Gasteiger partial charge in [0.2, 0.25) is 0 Å². The van der Waals surface area contributed by atoms with Gasteiger partial charge in [-0.1, -0.05) is 18.2 Å². The number of hydrogen-bond acceptors (Lipinski definition) is 7. The Labute approximate surface area is 162 Å². The van der Waals surface area contributed by atoms with Crippen LogP contribution in [0, 0.1) is 10.1 Å². The van der Waals surface area contributed by atoms with Crippen molar-refractivity contribution in [3.63, 3.8) is 0 Å². The quantitative estimate of drug-likeness (QED) is 0.322. The molecule has 0 fully saturated rings. The molecule has 0 N–H and O–H groups in total. The molecule has 4 aromatic rings. The fourth-order valence-electron chi connectivity index (χ4n) is 2.43. The zero-order valence-corrected chi connectivity index (χ0v) is 15.6. The second kappa shape index (κ2) is 7.65. The average molecular weight is 395 g/mol. The number of nitro benzene ring substituents is 1. The number of rotatable bonds is 6. The third-order valence-electron chi connectivity index (χ3n) is 3.77. The van der Waals surface area contributed by atoms with Gasteiger partial charge in [0.15, 0.2) is 0 Å². The average Bonchev–Trinajstić information content (AvgIpc) is 3.34. The van der Waals surface area contributed by atoms with E-state index in [2.05, 4.69) is 9.97 Å². The van der Waals surface area contributed by atoms with Crippen LogP contribution in [0.5, 0.6) is 5.75 Å². The Kier molecular flexibility index (Phi) is 4.91. The highest BCUT2D eigenvalue weighted by Gasteiger charge is 2.09. The minimum atomic E-state index is -0.410. The van der Waals surface area contributed by atoms with Gasteiger partial charge in [0.25, 0.3) is 5.69 Å². The van der Waals surface area contributed by atoms with Crippen molar-refractivity contribution in [1.82, 2.24) is 9.97 Å². The Morgan fingerprint density at radius 1 is 1.15 bits per heavy atom. The summed E-state index contributed by atoms with van der Waals surface area (Å²) in [6, 6.07) is 12.5. The molecule has 0 amide bonds. The second-order valence-electron chi connectivity index (χ2n) is 5.63. The summed E-state index contributed by atoms with van der Waals surface area (Å²) in [5.41, 5.74) is 4.41. The summed E-state index contributed by atoms with van der Waals surface area (Å²) >= 11 is 3.04. The largest absolute Gasteiger partial charge is 0.487 e. The molecule has 0 aliphatic rings. The van der Waals surface area contributed by atoms with Crippen molar-refractivity contribution >= 4 is 50.7 Å². The van der Waals surface area contributed by atoms with Crippen LogP contribution in [0.25, 0.3) is 22.4 Å². The number of nitro groups is 1. The molecule has 2 aromatic carbocycles. The highest BCUT2D eigenvalue weighted by Crippen LogP contribution is 2.27. The molecule has 2 aromatic heterocycles. The number of nitrogens with zero attached hydrogens (tertiary/aromatic N) is 3. The topological polar surface area (TPSA) is 78.2 Å². The minimum absolute atomic E-state index is 0.0524. The summed E-state index contributed by atoms with van der Waals surface area (Å²) in [4.78, 5) is 19.1. The molecule has 8 heteroatoms. The van der Waals surface area contributed by atoms with E-state index in [1.807, 2.05) is 41.8 Å². The van der Waals surface area contributed by atoms with Crippen molar-refractivity contribution in [2.75, 3.05) is 0 Å². The molecule has 0 saturated heterocycles. The first-order valence-electron chi connectivity index (χ1n) is 8.00. The molecule has 0 radical (unpaired) electrons. The molecule has 0 aliphatic heterocycles. The molecule has 0 bridgehead atoms. The molecular weight excluding hydrogens is 382 g/mol. The molecule has 6 nitrogen and oxygen atoms in total. The molecule has 0 spiro atoms. The van der Waals surface area contributed by atoms with Crippen LogP contribution in [0.3, 0.4) is 0 Å². The Morgan fingerprint density at radius 2 is 2.00 bits per heavy atom. The lowest BCUT2D eigenvalue weighted by molar-refractivity contribution is -0.384. The predicted octanol–water partition coefficient (Wildman–Crippen LogP) is 5.41. The zero-order valence-electron chi connectivity index (χ0n) is 13.9. The van der Waals surface area contributed by atoms with Gasteiger partial charge in [-0.05, 0) is 29.8 Å². The summed E-state index contributed by atoms with van der Waals surface area (Å²) < 4.78 is 6.62. The highest BCUT2D eigenvalue weighted by atomic mass is 32.1. The molecule has 0 atom stereocenters. The van der Waals surface area contributed by atoms with Gasteiger partial charge in [-0.3, -0.25) is 10.1 Å². The van der Waals surface area contributed by atoms with E-state index >= 15 is 0 Å². The molecule has 2 heterocycles. The van der Waals surface area contributed by atoms with E-state index in [9.17, 15) is 10.1 Å². The standard InChI is InChI=1S/C19H13N3O3S2/c23-22(24)15-4-7-18-17(9-15)21-19(27-18)8-3-13-1-5-16(6-2-13)25-10-14-11-26-12-20-14/h1-9,11-12H,10H2/b8-3+. The summed E-state index contributed by atoms with van der Waals surface area (Å²) in [5.74, 6) is 0.785. The van der Waals surface area contributed by atoms with Gasteiger partial charge in [-0.2, -0.15) is 0 Å². The summed E-state index contributed by atoms with van der Waals surface area (Å²) in [7, 11) is 0. The van der Waals surface area contributed by atoms with Gasteiger partial charge >= 0.3 is 0 Å². The van der Waals surface area contributed by atoms with Crippen LogP contribution in [0.1, 0.15) is 16.3 Å². The number of non-ortho nitro benzene ring substituents is 1. The molecule has 27 heavy (non-hydrogen) atoms. The van der Waals surface area contributed by atoms with Crippen molar-refractivity contribution in [2.24, 2.45) is 0 Å². The number of fused-ring (bicyclic) bond motifs is 1. The Morgan fingerprint density at radius 3 is 2.74 bits per heavy atom. The molecule has 0 aliphatic carbocycles. The third kappa shape index (κ3) is 4.18. The van der Waals surface area contributed by atoms with Gasteiger partial charge in [-0.15, -0.1) is 22.7 Å². The third-order valence-corrected chi connectivity index (χ3v) is 5.40. The predicted molar refractivity (Wildman–Crippen MR) is 108 cm³/mol. The van der Waals surface area contributed by atoms with Crippen LogP contribution in [-0.4, -0.2) is 14.9 Å². The monoisotopic (exact) mass is 395 g/mol. The maximum absolute atomic E-state index is 10.9. The van der Waals surface area contributed by atoms with Crippen LogP contribution in [-0.2, 0) is 6.61 Å². The molecule has 0 saturated carbocycles. The lowest BCUT2D eigenvalue weighted by atomic mass is 10.2. The molecular formula is C19H13N3O3S2. The van der Waals surface area contributed by atoms with Crippen molar-refractivity contribution in [3.8, 4) is 5.75 Å². The van der Waals surface area contributed by atoms with E-state index in [0.29, 0.717) is 12.1 Å². The van der Waals surface area contributed by atoms with Gasteiger partial charge in [0, 0.05) is 17.5 Å². The minimum Gasteiger partial charge on any atom is -0.487 e. The van der Waals surface area contributed by atoms with Gasteiger partial charge < -0.3 is 4.74 Å². The van der Waals surface area contributed by atoms with E-state index < -0.39 is 4.92 Å². The zero-order chi connectivity index (χ0) is 18.6. The normalized spacial score (nSPS) is 11.3. The van der Waals surface area contributed by atoms with Gasteiger partial charge in [0.1, 0.15) is 17.4 Å². The Hall–Kier alpha value is -3.10. The lowest BCUT2D eigenvalue weighted by Crippen LogP contribution is -1.94. The first-order valence-corrected chi connectivity index (χ1v) is 9.76. The van der Waals surface area contributed by atoms with Crippen LogP contribution in [0.15, 0.2) is 53.4 Å². The number of hydrogen-bond donors (Lipinski definition) is 0. The van der Waals surface area contributed by atoms with Crippen molar-refractivity contribution < 1.29 is 9.66 Å². The van der Waals surface area contributed by atoms with Crippen LogP contribution < -0.4 is 4.74 Å². The van der Waals surface area contributed by atoms with Crippen molar-refractivity contribution in [2.45, 2.75) is 6.61 Å². The summed E-state index contributed by atoms with van der Waals surface area (Å²) in [6.07, 6.45) is 3.86. The lowest BCUT2D eigenvalue weighted by Gasteiger charge is -2.04. The van der Waals surface area contributed by atoms with E-state index in [0.717, 1.165) is 26.7 Å². The van der Waals surface area contributed by atoms with E-state index in [1.165, 1.54) is 23.5 Å². The maximum atomic E-state index is 10.9. The number of aromatic nitrogens is 2. The molecule has 134 valence electrons. The number of thiazole rings is 2. The van der Waals surface area contributed by atoms with Crippen LogP contribution in [0.2, 0.25) is 0 Å². The van der Waals surface area contributed by atoms with E-state index in [-0.39, 0.29) is 5.69 Å². The Bertz CT molecular complexity index is 1100. The fourth-order valence-corrected chi connectivity index (χ4v) is 3.82. The van der Waals surface area contributed by atoms with Crippen LogP contribution >= 0.6 is 22.7 Å². The van der Waals surface area contributed by atoms with Crippen LogP contribution in [0.4, 0.5) is 5.69 Å². The van der Waals surface area contributed by atoms with Crippen molar-refractivity contribution in [1.29, 1.82) is 0 Å². The van der Waals surface area contributed by atoms with E-state index in [1.54, 1.807) is 22.9 Å². The number of ether oxygens (including phenoxy) is 1. The first kappa shape index (κ1) is 17.3. The summed E-state index contributed by atoms with van der Waals surface area (Å²) in [6.45, 7) is 0.455. The summed E-state index contributed by atoms with van der Waals surface area (Å²) in [5, 5.41) is 13.6. The van der Waals surface area contributed by atoms with Gasteiger partial charge in [-0.25, -0.2) is 9.97 Å².